The summed E-state index contributed by atoms with van der Waals surface area (Å²) in [6, 6.07) is 12.7. The number of benzene rings is 2. The van der Waals surface area contributed by atoms with E-state index in [2.05, 4.69) is 5.32 Å². The Morgan fingerprint density at radius 1 is 1.16 bits per heavy atom. The van der Waals surface area contributed by atoms with Gasteiger partial charge in [-0.25, -0.2) is 0 Å². The Morgan fingerprint density at radius 3 is 2.58 bits per heavy atom. The summed E-state index contributed by atoms with van der Waals surface area (Å²) in [4.78, 5) is 12.3. The van der Waals surface area contributed by atoms with Gasteiger partial charge in [-0.1, -0.05) is 37.3 Å². The number of para-hydroxylation sites is 1. The third-order valence-corrected chi connectivity index (χ3v) is 3.13. The average molecular weight is 255 g/mol. The Balaban J connectivity index is 2.31. The van der Waals surface area contributed by atoms with Gasteiger partial charge in [-0.05, 0) is 36.6 Å². The Hall–Kier alpha value is -2.29. The quantitative estimate of drug-likeness (QED) is 0.824. The van der Waals surface area contributed by atoms with Gasteiger partial charge in [0.1, 0.15) is 5.75 Å². The Morgan fingerprint density at radius 2 is 1.89 bits per heavy atom. The van der Waals surface area contributed by atoms with E-state index in [1.165, 1.54) is 0 Å². The lowest BCUT2D eigenvalue weighted by molar-refractivity contribution is 0.102. The van der Waals surface area contributed by atoms with Crippen molar-refractivity contribution in [3.8, 4) is 5.75 Å². The summed E-state index contributed by atoms with van der Waals surface area (Å²) in [6.45, 7) is 3.86. The summed E-state index contributed by atoms with van der Waals surface area (Å²) >= 11 is 0. The van der Waals surface area contributed by atoms with E-state index in [4.69, 9.17) is 0 Å². The summed E-state index contributed by atoms with van der Waals surface area (Å²) in [5, 5.41) is 12.6. The molecule has 0 fully saturated rings. The van der Waals surface area contributed by atoms with Gasteiger partial charge in [0.2, 0.25) is 0 Å². The maximum atomic E-state index is 12.3. The molecule has 0 bridgehead atoms. The van der Waals surface area contributed by atoms with E-state index in [-0.39, 0.29) is 11.7 Å². The number of hydrogen-bond acceptors (Lipinski definition) is 2. The van der Waals surface area contributed by atoms with Crippen LogP contribution in [-0.2, 0) is 6.42 Å². The average Bonchev–Trinajstić information content (AvgIpc) is 2.42. The highest BCUT2D eigenvalue weighted by molar-refractivity contribution is 6.06. The van der Waals surface area contributed by atoms with Gasteiger partial charge in [-0.2, -0.15) is 0 Å². The largest absolute Gasteiger partial charge is 0.506 e. The first-order valence-electron chi connectivity index (χ1n) is 6.31. The van der Waals surface area contributed by atoms with Crippen molar-refractivity contribution >= 4 is 11.6 Å². The molecule has 0 spiro atoms. The first-order chi connectivity index (χ1) is 9.13. The molecular weight excluding hydrogens is 238 g/mol. The topological polar surface area (TPSA) is 49.3 Å². The Labute approximate surface area is 112 Å². The molecular formula is C16H17NO2. The summed E-state index contributed by atoms with van der Waals surface area (Å²) in [5.74, 6) is -0.107. The Kier molecular flexibility index (Phi) is 3.85. The number of anilines is 1. The highest BCUT2D eigenvalue weighted by Gasteiger charge is 2.13. The zero-order valence-electron chi connectivity index (χ0n) is 11.1. The zero-order valence-corrected chi connectivity index (χ0v) is 11.1. The Bertz CT molecular complexity index is 585. The van der Waals surface area contributed by atoms with Crippen LogP contribution in [0.1, 0.15) is 28.4 Å². The molecule has 2 aromatic rings. The molecule has 19 heavy (non-hydrogen) atoms. The molecule has 3 heteroatoms. The number of carbonyl (C=O) groups excluding carboxylic acids is 1. The lowest BCUT2D eigenvalue weighted by atomic mass is 10.0. The van der Waals surface area contributed by atoms with Gasteiger partial charge in [0, 0.05) is 5.56 Å². The lowest BCUT2D eigenvalue weighted by Gasteiger charge is -2.12. The molecule has 0 radical (unpaired) electrons. The maximum absolute atomic E-state index is 12.3. The molecule has 0 aliphatic heterocycles. The SMILES string of the molecule is CCc1ccccc1C(=O)Nc1c(C)cccc1O. The first-order valence-corrected chi connectivity index (χ1v) is 6.31. The predicted molar refractivity (Wildman–Crippen MR) is 76.6 cm³/mol. The van der Waals surface area contributed by atoms with Gasteiger partial charge in [0.05, 0.1) is 5.69 Å². The van der Waals surface area contributed by atoms with E-state index in [9.17, 15) is 9.90 Å². The minimum absolute atomic E-state index is 0.0855. The second-order valence-corrected chi connectivity index (χ2v) is 4.43. The number of phenolic OH excluding ortho intramolecular Hbond substituents is 1. The smallest absolute Gasteiger partial charge is 0.256 e. The summed E-state index contributed by atoms with van der Waals surface area (Å²) < 4.78 is 0. The number of hydrogen-bond donors (Lipinski definition) is 2. The third kappa shape index (κ3) is 2.76. The number of nitrogens with one attached hydrogen (secondary N) is 1. The van der Waals surface area contributed by atoms with Gasteiger partial charge in [-0.15, -0.1) is 0 Å². The van der Waals surface area contributed by atoms with Gasteiger partial charge in [0.15, 0.2) is 0 Å². The molecule has 0 saturated heterocycles. The van der Waals surface area contributed by atoms with Crippen LogP contribution in [0, 0.1) is 6.92 Å². The number of phenols is 1. The number of rotatable bonds is 3. The van der Waals surface area contributed by atoms with Gasteiger partial charge >= 0.3 is 0 Å². The van der Waals surface area contributed by atoms with E-state index in [0.29, 0.717) is 11.3 Å². The van der Waals surface area contributed by atoms with Crippen molar-refractivity contribution in [1.82, 2.24) is 0 Å². The molecule has 0 heterocycles. The van der Waals surface area contributed by atoms with Crippen molar-refractivity contribution in [3.63, 3.8) is 0 Å². The van der Waals surface area contributed by atoms with Gasteiger partial charge in [-0.3, -0.25) is 4.79 Å². The van der Waals surface area contributed by atoms with Crippen molar-refractivity contribution in [1.29, 1.82) is 0 Å². The molecule has 0 atom stereocenters. The predicted octanol–water partition coefficient (Wildman–Crippen LogP) is 3.52. The van der Waals surface area contributed by atoms with Crippen LogP contribution in [0.25, 0.3) is 0 Å². The molecule has 0 saturated carbocycles. The van der Waals surface area contributed by atoms with Crippen LogP contribution in [0.5, 0.6) is 5.75 Å². The van der Waals surface area contributed by atoms with E-state index in [1.807, 2.05) is 38.1 Å². The highest BCUT2D eigenvalue weighted by atomic mass is 16.3. The molecule has 2 rings (SSSR count). The van der Waals surface area contributed by atoms with Crippen LogP contribution in [0.4, 0.5) is 5.69 Å². The third-order valence-electron chi connectivity index (χ3n) is 3.13. The molecule has 0 aromatic heterocycles. The summed E-state index contributed by atoms with van der Waals surface area (Å²) in [7, 11) is 0. The van der Waals surface area contributed by atoms with Crippen LogP contribution in [0.15, 0.2) is 42.5 Å². The van der Waals surface area contributed by atoms with Crippen LogP contribution in [0.3, 0.4) is 0 Å². The molecule has 2 N–H and O–H groups in total. The van der Waals surface area contributed by atoms with E-state index < -0.39 is 0 Å². The van der Waals surface area contributed by atoms with Crippen LogP contribution in [0.2, 0.25) is 0 Å². The van der Waals surface area contributed by atoms with E-state index >= 15 is 0 Å². The van der Waals surface area contributed by atoms with Gasteiger partial charge < -0.3 is 10.4 Å². The van der Waals surface area contributed by atoms with Gasteiger partial charge in [0.25, 0.3) is 5.91 Å². The first kappa shape index (κ1) is 13.1. The number of aryl methyl sites for hydroxylation is 2. The molecule has 98 valence electrons. The fourth-order valence-corrected chi connectivity index (χ4v) is 2.05. The van der Waals surface area contributed by atoms with Crippen molar-refractivity contribution in [2.75, 3.05) is 5.32 Å². The van der Waals surface area contributed by atoms with E-state index in [0.717, 1.165) is 17.5 Å². The van der Waals surface area contributed by atoms with Crippen molar-refractivity contribution in [2.45, 2.75) is 20.3 Å². The van der Waals surface area contributed by atoms with Crippen LogP contribution < -0.4 is 5.32 Å². The van der Waals surface area contributed by atoms with Crippen LogP contribution in [-0.4, -0.2) is 11.0 Å². The highest BCUT2D eigenvalue weighted by Crippen LogP contribution is 2.27. The molecule has 0 aliphatic carbocycles. The number of carbonyl (C=O) groups is 1. The normalized spacial score (nSPS) is 10.2. The fourth-order valence-electron chi connectivity index (χ4n) is 2.05. The summed E-state index contributed by atoms with van der Waals surface area (Å²) in [5.41, 5.74) is 2.95. The number of amides is 1. The second kappa shape index (κ2) is 5.57. The van der Waals surface area contributed by atoms with Crippen LogP contribution >= 0.6 is 0 Å². The fraction of sp³-hybridized carbons (Fsp3) is 0.188. The zero-order chi connectivity index (χ0) is 13.8. The standard InChI is InChI=1S/C16H17NO2/c1-3-12-8-4-5-9-13(12)16(19)17-15-11(2)7-6-10-14(15)18/h4-10,18H,3H2,1-2H3,(H,17,19). The molecule has 2 aromatic carbocycles. The lowest BCUT2D eigenvalue weighted by Crippen LogP contribution is -2.14. The molecule has 0 aliphatic rings. The van der Waals surface area contributed by atoms with E-state index in [1.54, 1.807) is 18.2 Å². The summed E-state index contributed by atoms with van der Waals surface area (Å²) in [6.07, 6.45) is 0.795. The maximum Gasteiger partial charge on any atom is 0.256 e. The minimum atomic E-state index is -0.193. The van der Waals surface area contributed by atoms with Crippen molar-refractivity contribution in [3.05, 3.63) is 59.2 Å². The van der Waals surface area contributed by atoms with Crippen molar-refractivity contribution in [2.24, 2.45) is 0 Å². The monoisotopic (exact) mass is 255 g/mol. The second-order valence-electron chi connectivity index (χ2n) is 4.43. The molecule has 0 unspecified atom stereocenters. The minimum Gasteiger partial charge on any atom is -0.506 e. The molecule has 1 amide bonds. The van der Waals surface area contributed by atoms with Crippen molar-refractivity contribution < 1.29 is 9.90 Å². The molecule has 3 nitrogen and oxygen atoms in total. The number of aromatic hydroxyl groups is 1.